The minimum Gasteiger partial charge on any atom is -0.391 e. The summed E-state index contributed by atoms with van der Waals surface area (Å²) in [4.78, 5) is 15.9. The third kappa shape index (κ3) is 7.12. The Balaban J connectivity index is 2.60. The molecule has 6 nitrogen and oxygen atoms in total. The summed E-state index contributed by atoms with van der Waals surface area (Å²) in [6.45, 7) is 9.81. The van der Waals surface area contributed by atoms with Crippen LogP contribution in [-0.4, -0.2) is 59.0 Å². The number of hydrogen-bond donors (Lipinski definition) is 2. The summed E-state index contributed by atoms with van der Waals surface area (Å²) in [5.41, 5.74) is 4.54. The van der Waals surface area contributed by atoms with E-state index in [1.54, 1.807) is 20.2 Å². The van der Waals surface area contributed by atoms with Gasteiger partial charge in [0.1, 0.15) is 5.82 Å². The fourth-order valence-corrected chi connectivity index (χ4v) is 3.54. The Labute approximate surface area is 198 Å². The van der Waals surface area contributed by atoms with E-state index in [9.17, 15) is 5.11 Å². The number of nitrogens with one attached hydrogen (secondary N) is 1. The first-order chi connectivity index (χ1) is 15.8. The molecule has 1 aromatic heterocycles. The standard InChI is InChI=1S/C27H37N5O/c1-8-12-24(19(4)33)30-27-23(25(28-5)13-9-2)17-29-26(31-27)22-15-11-14-21(16-22)20(10-3)18-32(6)7/h9-11,13-19,24,33H,3,8,12H2,1-2,4-7H3,(H,29,30,31)/b13-9-,20-18+,28-25?. The third-order valence-corrected chi connectivity index (χ3v) is 5.21. The molecule has 0 bridgehead atoms. The molecule has 0 saturated heterocycles. The van der Waals surface area contributed by atoms with Crippen LogP contribution in [-0.2, 0) is 0 Å². The van der Waals surface area contributed by atoms with Crippen molar-refractivity contribution in [3.8, 4) is 11.4 Å². The molecule has 0 aliphatic rings. The average molecular weight is 448 g/mol. The number of anilines is 1. The smallest absolute Gasteiger partial charge is 0.161 e. The summed E-state index contributed by atoms with van der Waals surface area (Å²) >= 11 is 0. The Morgan fingerprint density at radius 3 is 2.67 bits per heavy atom. The zero-order valence-electron chi connectivity index (χ0n) is 20.7. The average Bonchev–Trinajstić information content (AvgIpc) is 2.80. The van der Waals surface area contributed by atoms with Crippen LogP contribution in [0.4, 0.5) is 5.82 Å². The number of aromatic nitrogens is 2. The molecule has 0 saturated carbocycles. The fraction of sp³-hybridized carbons (Fsp3) is 0.370. The Morgan fingerprint density at radius 1 is 1.33 bits per heavy atom. The molecule has 0 amide bonds. The molecule has 1 heterocycles. The lowest BCUT2D eigenvalue weighted by atomic mass is 10.0. The van der Waals surface area contributed by atoms with Gasteiger partial charge in [0.2, 0.25) is 0 Å². The van der Waals surface area contributed by atoms with Gasteiger partial charge in [-0.05, 0) is 43.5 Å². The lowest BCUT2D eigenvalue weighted by Crippen LogP contribution is -2.32. The Morgan fingerprint density at radius 2 is 2.09 bits per heavy atom. The van der Waals surface area contributed by atoms with E-state index < -0.39 is 6.10 Å². The highest BCUT2D eigenvalue weighted by atomic mass is 16.3. The van der Waals surface area contributed by atoms with Crippen LogP contribution in [0, 0.1) is 0 Å². The van der Waals surface area contributed by atoms with Crippen molar-refractivity contribution in [2.75, 3.05) is 26.5 Å². The number of aliphatic hydroxyl groups excluding tert-OH is 1. The first-order valence-corrected chi connectivity index (χ1v) is 11.4. The van der Waals surface area contributed by atoms with Crippen molar-refractivity contribution < 1.29 is 5.11 Å². The maximum Gasteiger partial charge on any atom is 0.161 e. The predicted octanol–water partition coefficient (Wildman–Crippen LogP) is 5.19. The van der Waals surface area contributed by atoms with E-state index in [0.717, 1.165) is 40.8 Å². The van der Waals surface area contributed by atoms with Crippen molar-refractivity contribution in [3.63, 3.8) is 0 Å². The minimum absolute atomic E-state index is 0.123. The second kappa shape index (κ2) is 12.7. The summed E-state index contributed by atoms with van der Waals surface area (Å²) in [6, 6.07) is 7.98. The van der Waals surface area contributed by atoms with Gasteiger partial charge in [-0.25, -0.2) is 9.97 Å². The molecule has 1 aromatic carbocycles. The number of allylic oxidation sites excluding steroid dienone is 4. The number of nitrogens with zero attached hydrogens (tertiary/aromatic N) is 4. The van der Waals surface area contributed by atoms with Crippen LogP contribution >= 0.6 is 0 Å². The molecule has 176 valence electrons. The molecule has 0 aliphatic heterocycles. The van der Waals surface area contributed by atoms with Crippen molar-refractivity contribution in [2.24, 2.45) is 4.99 Å². The van der Waals surface area contributed by atoms with E-state index in [4.69, 9.17) is 4.98 Å². The van der Waals surface area contributed by atoms with Crippen LogP contribution in [0.2, 0.25) is 0 Å². The highest BCUT2D eigenvalue weighted by molar-refractivity contribution is 6.11. The van der Waals surface area contributed by atoms with E-state index in [1.165, 1.54) is 0 Å². The van der Waals surface area contributed by atoms with Gasteiger partial charge in [0.25, 0.3) is 0 Å². The van der Waals surface area contributed by atoms with Crippen molar-refractivity contribution in [2.45, 2.75) is 45.8 Å². The summed E-state index contributed by atoms with van der Waals surface area (Å²) in [6.07, 6.45) is 10.8. The zero-order chi connectivity index (χ0) is 24.4. The van der Waals surface area contributed by atoms with Gasteiger partial charge in [-0.3, -0.25) is 4.99 Å². The molecular formula is C27H37N5O. The highest BCUT2D eigenvalue weighted by Crippen LogP contribution is 2.25. The number of benzene rings is 1. The molecule has 2 atom stereocenters. The highest BCUT2D eigenvalue weighted by Gasteiger charge is 2.19. The minimum atomic E-state index is -0.519. The van der Waals surface area contributed by atoms with Gasteiger partial charge in [0, 0.05) is 39.1 Å². The lowest BCUT2D eigenvalue weighted by Gasteiger charge is -2.23. The van der Waals surface area contributed by atoms with Crippen molar-refractivity contribution in [3.05, 3.63) is 72.6 Å². The SMILES string of the molecule is C=C/C(=C\N(C)C)c1cccc(-c2ncc(C(/C=C\C)=NC)c(NC(CCC)C(C)O)n2)c1. The monoisotopic (exact) mass is 447 g/mol. The Bertz CT molecular complexity index is 1020. The molecule has 2 aromatic rings. The molecule has 2 rings (SSSR count). The van der Waals surface area contributed by atoms with E-state index in [-0.39, 0.29) is 6.04 Å². The summed E-state index contributed by atoms with van der Waals surface area (Å²) in [7, 11) is 5.72. The van der Waals surface area contributed by atoms with Crippen LogP contribution in [0.1, 0.15) is 44.7 Å². The first kappa shape index (κ1) is 26.0. The molecule has 0 aliphatic carbocycles. The summed E-state index contributed by atoms with van der Waals surface area (Å²) in [5.74, 6) is 1.27. The molecule has 0 radical (unpaired) electrons. The molecule has 0 spiro atoms. The van der Waals surface area contributed by atoms with Gasteiger partial charge in [-0.1, -0.05) is 50.3 Å². The zero-order valence-corrected chi connectivity index (χ0v) is 20.7. The first-order valence-electron chi connectivity index (χ1n) is 11.4. The topological polar surface area (TPSA) is 73.6 Å². The number of rotatable bonds is 11. The molecule has 6 heteroatoms. The van der Waals surface area contributed by atoms with E-state index in [2.05, 4.69) is 34.9 Å². The summed E-state index contributed by atoms with van der Waals surface area (Å²) < 4.78 is 0. The molecule has 0 fully saturated rings. The Kier molecular flexibility index (Phi) is 10.0. The maximum atomic E-state index is 10.3. The third-order valence-electron chi connectivity index (χ3n) is 5.21. The van der Waals surface area contributed by atoms with E-state index in [0.29, 0.717) is 11.6 Å². The quantitative estimate of drug-likeness (QED) is 0.366. The van der Waals surface area contributed by atoms with Crippen LogP contribution in [0.15, 0.2) is 66.5 Å². The molecule has 2 unspecified atom stereocenters. The van der Waals surface area contributed by atoms with Crippen LogP contribution in [0.25, 0.3) is 17.0 Å². The lowest BCUT2D eigenvalue weighted by molar-refractivity contribution is 0.167. The summed E-state index contributed by atoms with van der Waals surface area (Å²) in [5, 5.41) is 13.8. The number of hydrogen-bond acceptors (Lipinski definition) is 6. The molecular weight excluding hydrogens is 410 g/mol. The molecule has 2 N–H and O–H groups in total. The van der Waals surface area contributed by atoms with Gasteiger partial charge in [0.15, 0.2) is 5.82 Å². The number of aliphatic hydroxyl groups is 1. The largest absolute Gasteiger partial charge is 0.391 e. The number of aliphatic imine (C=N–C) groups is 1. The van der Waals surface area contributed by atoms with Crippen molar-refractivity contribution in [1.82, 2.24) is 14.9 Å². The van der Waals surface area contributed by atoms with Crippen molar-refractivity contribution >= 4 is 17.1 Å². The van der Waals surface area contributed by atoms with Crippen LogP contribution < -0.4 is 5.32 Å². The van der Waals surface area contributed by atoms with Gasteiger partial charge in [0.05, 0.1) is 23.4 Å². The molecule has 33 heavy (non-hydrogen) atoms. The maximum absolute atomic E-state index is 10.3. The Hall–Kier alpha value is -3.25. The van der Waals surface area contributed by atoms with Gasteiger partial charge >= 0.3 is 0 Å². The predicted molar refractivity (Wildman–Crippen MR) is 141 cm³/mol. The fourth-order valence-electron chi connectivity index (χ4n) is 3.54. The van der Waals surface area contributed by atoms with Crippen molar-refractivity contribution in [1.29, 1.82) is 0 Å². The normalized spacial score (nSPS) is 14.3. The van der Waals surface area contributed by atoms with E-state index in [1.807, 2.05) is 68.5 Å². The second-order valence-corrected chi connectivity index (χ2v) is 8.18. The van der Waals surface area contributed by atoms with Gasteiger partial charge in [-0.2, -0.15) is 0 Å². The van der Waals surface area contributed by atoms with Crippen LogP contribution in [0.5, 0.6) is 0 Å². The van der Waals surface area contributed by atoms with Gasteiger partial charge < -0.3 is 15.3 Å². The van der Waals surface area contributed by atoms with Gasteiger partial charge in [-0.15, -0.1) is 0 Å². The second-order valence-electron chi connectivity index (χ2n) is 8.18. The van der Waals surface area contributed by atoms with Crippen LogP contribution in [0.3, 0.4) is 0 Å². The van der Waals surface area contributed by atoms with E-state index >= 15 is 0 Å².